The number of anilines is 3. The smallest absolute Gasteiger partial charge is 0.255 e. The second-order valence-electron chi connectivity index (χ2n) is 16.7. The van der Waals surface area contributed by atoms with Crippen LogP contribution in [0.2, 0.25) is 5.02 Å². The third-order valence-electron chi connectivity index (χ3n) is 13.5. The minimum absolute atomic E-state index is 0.160. The highest BCUT2D eigenvalue weighted by atomic mass is 35.5. The summed E-state index contributed by atoms with van der Waals surface area (Å²) in [6.07, 6.45) is 5.39. The summed E-state index contributed by atoms with van der Waals surface area (Å²) in [7, 11) is 1.54. The van der Waals surface area contributed by atoms with Gasteiger partial charge in [-0.2, -0.15) is 0 Å². The predicted molar refractivity (Wildman–Crippen MR) is 213 cm³/mol. The van der Waals surface area contributed by atoms with E-state index < -0.39 is 40.8 Å². The number of nitrogens with one attached hydrogen (secondary N) is 1. The van der Waals surface area contributed by atoms with Crippen LogP contribution in [0.4, 0.5) is 25.8 Å². The van der Waals surface area contributed by atoms with Crippen molar-refractivity contribution in [2.45, 2.75) is 70.0 Å². The number of imide groups is 1. The zero-order valence-corrected chi connectivity index (χ0v) is 33.2. The quantitative estimate of drug-likeness (QED) is 0.215. The minimum Gasteiger partial charge on any atom is -0.504 e. The minimum atomic E-state index is -0.932. The molecule has 0 radical (unpaired) electrons. The van der Waals surface area contributed by atoms with E-state index in [0.29, 0.717) is 67.4 Å². The highest BCUT2D eigenvalue weighted by Gasteiger charge is 2.63. The molecule has 4 amide bonds. The number of phenols is 1. The number of benzene rings is 3. The van der Waals surface area contributed by atoms with Gasteiger partial charge in [0.05, 0.1) is 29.3 Å². The van der Waals surface area contributed by atoms with Crippen molar-refractivity contribution >= 4 is 52.3 Å². The maximum absolute atomic E-state index is 16.3. The topological polar surface area (TPSA) is 126 Å². The van der Waals surface area contributed by atoms with Crippen molar-refractivity contribution in [3.63, 3.8) is 0 Å². The van der Waals surface area contributed by atoms with Gasteiger partial charge in [-0.05, 0) is 73.9 Å². The number of hydrogen-bond acceptors (Lipinski definition) is 9. The number of aromatic hydroxyl groups is 1. The molecule has 5 aliphatic heterocycles. The van der Waals surface area contributed by atoms with Crippen molar-refractivity contribution in [1.29, 1.82) is 0 Å². The molecule has 12 nitrogen and oxygen atoms in total. The van der Waals surface area contributed by atoms with Gasteiger partial charge in [-0.15, -0.1) is 0 Å². The van der Waals surface area contributed by atoms with E-state index in [1.807, 2.05) is 12.1 Å². The van der Waals surface area contributed by atoms with E-state index in [9.17, 15) is 28.7 Å². The SMILES string of the molecule is COc1cc(N2CCC(CN3CCN(c4ccc5c(c4)CN([C@H]4CCC(=O)NC4=O)C5=O)CC3)CC2)c(F)cc1[C@@H]1N(c2cc(F)c(O)c(Cl)c2)C(=O)C12CCCC2. The van der Waals surface area contributed by atoms with Crippen molar-refractivity contribution < 1.29 is 37.8 Å². The largest absolute Gasteiger partial charge is 0.504 e. The van der Waals surface area contributed by atoms with Gasteiger partial charge in [-0.25, -0.2) is 8.78 Å². The summed E-state index contributed by atoms with van der Waals surface area (Å²) in [5.41, 5.74) is 3.03. The molecule has 58 heavy (non-hydrogen) atoms. The number of β-lactam (4-membered cyclic amide) rings is 1. The first-order valence-electron chi connectivity index (χ1n) is 20.3. The van der Waals surface area contributed by atoms with Crippen molar-refractivity contribution in [3.05, 3.63) is 75.8 Å². The number of hydrogen-bond donors (Lipinski definition) is 2. The number of piperidine rings is 2. The molecule has 3 aromatic rings. The Morgan fingerprint density at radius 2 is 1.62 bits per heavy atom. The Kier molecular flexibility index (Phi) is 9.98. The van der Waals surface area contributed by atoms with E-state index in [-0.39, 0.29) is 34.9 Å². The summed E-state index contributed by atoms with van der Waals surface area (Å²) < 4.78 is 36.8. The maximum Gasteiger partial charge on any atom is 0.255 e. The Labute approximate surface area is 340 Å². The molecule has 306 valence electrons. The summed E-state index contributed by atoms with van der Waals surface area (Å²) in [6, 6.07) is 10.4. The first-order chi connectivity index (χ1) is 27.9. The summed E-state index contributed by atoms with van der Waals surface area (Å²) in [6.45, 7) is 6.19. The van der Waals surface area contributed by atoms with Crippen LogP contribution in [0, 0.1) is 23.0 Å². The van der Waals surface area contributed by atoms with Gasteiger partial charge in [-0.3, -0.25) is 29.4 Å². The molecule has 9 rings (SSSR count). The fourth-order valence-electron chi connectivity index (χ4n) is 10.4. The number of ether oxygens (including phenoxy) is 1. The van der Waals surface area contributed by atoms with E-state index >= 15 is 4.39 Å². The molecule has 1 saturated carbocycles. The molecule has 1 aliphatic carbocycles. The van der Waals surface area contributed by atoms with Crippen molar-refractivity contribution in [2.75, 3.05) is 67.6 Å². The maximum atomic E-state index is 16.3. The standard InChI is InChI=1S/C43H47ClF2N6O6/c1-58-36-22-35(32(45)21-30(36)39-43(10-2-3-11-43)42(57)52(39)28-19-31(44)38(54)33(46)20-28)50-12-8-25(9-13-50)23-48-14-16-49(17-15-48)27-4-5-29-26(18-27)24-51(41(29)56)34-6-7-37(53)47-40(34)55/h4-5,18-22,25,34,39,54H,2-3,6-17,23-24H2,1H3,(H,47,53,55)/t34-,39-/m0/s1. The molecule has 1 spiro atoms. The Hall–Kier alpha value is -4.95. The molecule has 2 N–H and O–H groups in total. The Bertz CT molecular complexity index is 2160. The Balaban J connectivity index is 0.818. The molecule has 0 aromatic heterocycles. The normalized spacial score (nSPS) is 23.8. The second-order valence-corrected chi connectivity index (χ2v) is 17.1. The van der Waals surface area contributed by atoms with E-state index in [0.717, 1.165) is 75.7 Å². The third kappa shape index (κ3) is 6.52. The summed E-state index contributed by atoms with van der Waals surface area (Å²) in [4.78, 5) is 61.0. The Morgan fingerprint density at radius 1 is 0.879 bits per heavy atom. The number of carbonyl (C=O) groups is 4. The van der Waals surface area contributed by atoms with Crippen LogP contribution in [0.15, 0.2) is 42.5 Å². The van der Waals surface area contributed by atoms with Crippen LogP contribution in [0.1, 0.15) is 78.9 Å². The molecule has 3 aromatic carbocycles. The van der Waals surface area contributed by atoms with Crippen molar-refractivity contribution in [3.8, 4) is 11.5 Å². The van der Waals surface area contributed by atoms with Crippen LogP contribution in [-0.2, 0) is 20.9 Å². The van der Waals surface area contributed by atoms with Gasteiger partial charge in [0.25, 0.3) is 5.91 Å². The number of amides is 4. The number of carbonyl (C=O) groups excluding carboxylic acids is 4. The van der Waals surface area contributed by atoms with Crippen molar-refractivity contribution in [1.82, 2.24) is 15.1 Å². The molecular formula is C43H47ClF2N6O6. The van der Waals surface area contributed by atoms with E-state index in [4.69, 9.17) is 16.3 Å². The number of phenolic OH excluding ortho intramolecular Hbond substituents is 1. The lowest BCUT2D eigenvalue weighted by Crippen LogP contribution is -2.62. The van der Waals surface area contributed by atoms with Crippen LogP contribution >= 0.6 is 11.6 Å². The molecule has 5 heterocycles. The number of piperazine rings is 1. The van der Waals surface area contributed by atoms with Gasteiger partial charge in [0.2, 0.25) is 17.7 Å². The van der Waals surface area contributed by atoms with Crippen LogP contribution < -0.4 is 24.8 Å². The number of rotatable bonds is 8. The fourth-order valence-corrected chi connectivity index (χ4v) is 10.6. The lowest BCUT2D eigenvalue weighted by atomic mass is 9.66. The third-order valence-corrected chi connectivity index (χ3v) is 13.8. The highest BCUT2D eigenvalue weighted by Crippen LogP contribution is 2.62. The zero-order valence-electron chi connectivity index (χ0n) is 32.4. The average Bonchev–Trinajstić information content (AvgIpc) is 3.86. The lowest BCUT2D eigenvalue weighted by molar-refractivity contribution is -0.140. The van der Waals surface area contributed by atoms with Gasteiger partial charge < -0.3 is 29.4 Å². The van der Waals surface area contributed by atoms with Crippen LogP contribution in [0.25, 0.3) is 0 Å². The first kappa shape index (κ1) is 38.6. The first-order valence-corrected chi connectivity index (χ1v) is 20.7. The summed E-state index contributed by atoms with van der Waals surface area (Å²) in [5, 5.41) is 12.1. The van der Waals surface area contributed by atoms with Gasteiger partial charge in [0, 0.05) is 93.4 Å². The number of fused-ring (bicyclic) bond motifs is 1. The monoisotopic (exact) mass is 816 g/mol. The zero-order chi connectivity index (χ0) is 40.5. The highest BCUT2D eigenvalue weighted by molar-refractivity contribution is 6.32. The number of halogens is 3. The van der Waals surface area contributed by atoms with E-state index in [2.05, 4.69) is 26.1 Å². The Morgan fingerprint density at radius 3 is 2.31 bits per heavy atom. The van der Waals surface area contributed by atoms with Crippen LogP contribution in [-0.4, -0.2) is 97.5 Å². The van der Waals surface area contributed by atoms with E-state index in [1.165, 1.54) is 17.0 Å². The lowest BCUT2D eigenvalue weighted by Gasteiger charge is -2.55. The van der Waals surface area contributed by atoms with Gasteiger partial charge in [0.15, 0.2) is 11.6 Å². The molecular weight excluding hydrogens is 770 g/mol. The van der Waals surface area contributed by atoms with Crippen LogP contribution in [0.3, 0.4) is 0 Å². The molecule has 5 fully saturated rings. The number of nitrogens with zero attached hydrogens (tertiary/aromatic N) is 5. The number of methoxy groups -OCH3 is 1. The van der Waals surface area contributed by atoms with Gasteiger partial charge in [0.1, 0.15) is 17.6 Å². The van der Waals surface area contributed by atoms with E-state index in [1.54, 1.807) is 18.1 Å². The van der Waals surface area contributed by atoms with Gasteiger partial charge >= 0.3 is 0 Å². The summed E-state index contributed by atoms with van der Waals surface area (Å²) >= 11 is 6.12. The van der Waals surface area contributed by atoms with Crippen molar-refractivity contribution in [2.24, 2.45) is 11.3 Å². The molecule has 6 aliphatic rings. The molecule has 15 heteroatoms. The molecule has 0 bridgehead atoms. The van der Waals surface area contributed by atoms with Gasteiger partial charge in [-0.1, -0.05) is 24.4 Å². The fraction of sp³-hybridized carbons (Fsp3) is 0.488. The molecule has 4 saturated heterocycles. The van der Waals surface area contributed by atoms with Crippen LogP contribution in [0.5, 0.6) is 11.5 Å². The summed E-state index contributed by atoms with van der Waals surface area (Å²) in [5.74, 6) is -2.11. The predicted octanol–water partition coefficient (Wildman–Crippen LogP) is 5.78. The molecule has 2 atom stereocenters. The second kappa shape index (κ2) is 15.0. The molecule has 0 unspecified atom stereocenters. The average molecular weight is 817 g/mol.